The molecular weight excluding hydrogens is 585 g/mol. The van der Waals surface area contributed by atoms with Crippen LogP contribution in [-0.4, -0.2) is 39.4 Å². The molecule has 34 heavy (non-hydrogen) atoms. The topological polar surface area (TPSA) is 76.1 Å². The van der Waals surface area contributed by atoms with Crippen molar-refractivity contribution in [1.29, 1.82) is 0 Å². The van der Waals surface area contributed by atoms with Crippen molar-refractivity contribution in [3.8, 4) is 11.5 Å². The average molecular weight is 605 g/mol. The van der Waals surface area contributed by atoms with E-state index in [-0.39, 0.29) is 25.5 Å². The molecule has 0 saturated carbocycles. The number of thioether (sulfide) groups is 1. The Kier molecular flexibility index (Phi) is 9.67. The first-order valence-corrected chi connectivity index (χ1v) is 13.0. The van der Waals surface area contributed by atoms with E-state index in [4.69, 9.17) is 50.0 Å². The number of hydrogen-bond acceptors (Lipinski definition) is 6. The third-order valence-corrected chi connectivity index (χ3v) is 7.22. The number of aliphatic carboxylic acids is 1. The van der Waals surface area contributed by atoms with Crippen LogP contribution < -0.4 is 9.47 Å². The predicted octanol–water partition coefficient (Wildman–Crippen LogP) is 6.80. The van der Waals surface area contributed by atoms with Crippen LogP contribution in [0.15, 0.2) is 39.7 Å². The molecule has 0 spiro atoms. The Labute approximate surface area is 225 Å². The third kappa shape index (κ3) is 6.88. The molecule has 3 rings (SSSR count). The molecule has 2 aromatic carbocycles. The van der Waals surface area contributed by atoms with E-state index in [9.17, 15) is 9.59 Å². The van der Waals surface area contributed by atoms with Crippen molar-refractivity contribution < 1.29 is 24.2 Å². The zero-order valence-corrected chi connectivity index (χ0v) is 22.7. The van der Waals surface area contributed by atoms with Crippen LogP contribution in [0, 0.1) is 0 Å². The van der Waals surface area contributed by atoms with Crippen molar-refractivity contribution >= 4 is 85.4 Å². The molecule has 180 valence electrons. The molecule has 0 atom stereocenters. The normalized spacial score (nSPS) is 14.7. The first-order chi connectivity index (χ1) is 16.2. The van der Waals surface area contributed by atoms with Crippen molar-refractivity contribution in [2.75, 3.05) is 13.2 Å². The fourth-order valence-electron chi connectivity index (χ4n) is 3.10. The lowest BCUT2D eigenvalue weighted by Crippen LogP contribution is -2.29. The summed E-state index contributed by atoms with van der Waals surface area (Å²) < 4.78 is 12.8. The lowest BCUT2D eigenvalue weighted by atomic mass is 10.1. The van der Waals surface area contributed by atoms with E-state index < -0.39 is 5.97 Å². The Morgan fingerprint density at radius 1 is 1.26 bits per heavy atom. The lowest BCUT2D eigenvalue weighted by Gasteiger charge is -2.15. The monoisotopic (exact) mass is 603 g/mol. The Morgan fingerprint density at radius 3 is 2.71 bits per heavy atom. The van der Waals surface area contributed by atoms with Gasteiger partial charge in [0.15, 0.2) is 11.5 Å². The van der Waals surface area contributed by atoms with Gasteiger partial charge in [-0.1, -0.05) is 53.2 Å². The number of nitrogens with zero attached hydrogens (tertiary/aromatic N) is 1. The summed E-state index contributed by atoms with van der Waals surface area (Å²) in [7, 11) is 0. The largest absolute Gasteiger partial charge is 0.490 e. The number of hydrogen-bond donors (Lipinski definition) is 1. The number of ether oxygens (including phenoxy) is 2. The van der Waals surface area contributed by atoms with Crippen molar-refractivity contribution in [1.82, 2.24) is 4.90 Å². The number of benzene rings is 2. The van der Waals surface area contributed by atoms with Crippen LogP contribution in [0.4, 0.5) is 0 Å². The van der Waals surface area contributed by atoms with Gasteiger partial charge in [0.2, 0.25) is 0 Å². The fraction of sp³-hybridized carbons (Fsp3) is 0.261. The van der Waals surface area contributed by atoms with Gasteiger partial charge in [0.05, 0.1) is 16.0 Å². The predicted molar refractivity (Wildman–Crippen MR) is 143 cm³/mol. The van der Waals surface area contributed by atoms with E-state index in [1.165, 1.54) is 16.7 Å². The molecular formula is C23H20BrCl2NO5S2. The molecule has 1 N–H and O–H groups in total. The first-order valence-electron chi connectivity index (χ1n) is 10.2. The number of halogens is 3. The van der Waals surface area contributed by atoms with Gasteiger partial charge in [-0.05, 0) is 65.2 Å². The van der Waals surface area contributed by atoms with Gasteiger partial charge in [-0.2, -0.15) is 0 Å². The second kappa shape index (κ2) is 12.3. The Balaban J connectivity index is 1.80. The van der Waals surface area contributed by atoms with Gasteiger partial charge in [0, 0.05) is 28.6 Å². The minimum atomic E-state index is -0.907. The van der Waals surface area contributed by atoms with E-state index in [0.717, 1.165) is 11.1 Å². The molecule has 11 heteroatoms. The van der Waals surface area contributed by atoms with E-state index in [1.54, 1.807) is 30.3 Å². The highest BCUT2D eigenvalue weighted by molar-refractivity contribution is 9.10. The molecule has 0 bridgehead atoms. The van der Waals surface area contributed by atoms with E-state index in [0.29, 0.717) is 48.3 Å². The maximum atomic E-state index is 12.8. The molecule has 0 aliphatic carbocycles. The summed E-state index contributed by atoms with van der Waals surface area (Å²) in [5, 5.41) is 9.87. The second-order valence-electron chi connectivity index (χ2n) is 7.12. The molecule has 1 fully saturated rings. The molecule has 1 aliphatic heterocycles. The minimum absolute atomic E-state index is 0.0243. The van der Waals surface area contributed by atoms with Crippen LogP contribution in [0.1, 0.15) is 30.9 Å². The molecule has 1 aliphatic rings. The molecule has 1 amide bonds. The number of carbonyl (C=O) groups excluding carboxylic acids is 1. The lowest BCUT2D eigenvalue weighted by molar-refractivity contribution is -0.137. The van der Waals surface area contributed by atoms with Gasteiger partial charge in [0.25, 0.3) is 5.91 Å². The average Bonchev–Trinajstić information content (AvgIpc) is 3.01. The number of carboxylic acids is 1. The molecule has 0 radical (unpaired) electrons. The number of carbonyl (C=O) groups is 2. The summed E-state index contributed by atoms with van der Waals surface area (Å²) in [5.74, 6) is -0.140. The summed E-state index contributed by atoms with van der Waals surface area (Å²) in [6.45, 7) is 2.76. The van der Waals surface area contributed by atoms with E-state index in [1.807, 2.05) is 13.0 Å². The number of rotatable bonds is 10. The molecule has 2 aromatic rings. The summed E-state index contributed by atoms with van der Waals surface area (Å²) in [6, 6.07) is 8.79. The van der Waals surface area contributed by atoms with Gasteiger partial charge in [-0.3, -0.25) is 14.5 Å². The number of carboxylic acid groups (broad SMARTS) is 1. The Hall–Kier alpha value is -1.78. The Bertz CT molecular complexity index is 1160. The highest BCUT2D eigenvalue weighted by atomic mass is 79.9. The highest BCUT2D eigenvalue weighted by Crippen LogP contribution is 2.40. The molecule has 1 heterocycles. The van der Waals surface area contributed by atoms with Crippen molar-refractivity contribution in [2.45, 2.75) is 26.4 Å². The molecule has 0 unspecified atom stereocenters. The van der Waals surface area contributed by atoms with Gasteiger partial charge in [-0.25, -0.2) is 0 Å². The molecule has 1 saturated heterocycles. The van der Waals surface area contributed by atoms with Crippen LogP contribution in [0.5, 0.6) is 11.5 Å². The molecule has 6 nitrogen and oxygen atoms in total. The Morgan fingerprint density at radius 2 is 2.03 bits per heavy atom. The smallest absolute Gasteiger partial charge is 0.303 e. The zero-order chi connectivity index (χ0) is 24.8. The quantitative estimate of drug-likeness (QED) is 0.236. The third-order valence-electron chi connectivity index (χ3n) is 4.66. The van der Waals surface area contributed by atoms with Crippen LogP contribution in [0.3, 0.4) is 0 Å². The van der Waals surface area contributed by atoms with Gasteiger partial charge in [-0.15, -0.1) is 0 Å². The van der Waals surface area contributed by atoms with E-state index in [2.05, 4.69) is 15.9 Å². The van der Waals surface area contributed by atoms with Crippen LogP contribution in [-0.2, 0) is 16.2 Å². The van der Waals surface area contributed by atoms with Crippen LogP contribution in [0.2, 0.25) is 10.0 Å². The summed E-state index contributed by atoms with van der Waals surface area (Å²) in [6.07, 6.45) is 2.03. The van der Waals surface area contributed by atoms with Gasteiger partial charge in [0.1, 0.15) is 10.9 Å². The minimum Gasteiger partial charge on any atom is -0.490 e. The summed E-state index contributed by atoms with van der Waals surface area (Å²) >= 11 is 22.2. The van der Waals surface area contributed by atoms with Crippen LogP contribution in [0.25, 0.3) is 6.08 Å². The maximum absolute atomic E-state index is 12.8. The summed E-state index contributed by atoms with van der Waals surface area (Å²) in [5.41, 5.74) is 1.49. The number of thiocarbonyl (C=S) groups is 1. The maximum Gasteiger partial charge on any atom is 0.303 e. The zero-order valence-electron chi connectivity index (χ0n) is 18.0. The van der Waals surface area contributed by atoms with Gasteiger partial charge < -0.3 is 14.6 Å². The molecule has 0 aromatic heterocycles. The van der Waals surface area contributed by atoms with Crippen molar-refractivity contribution in [2.24, 2.45) is 0 Å². The highest BCUT2D eigenvalue weighted by Gasteiger charge is 2.31. The van der Waals surface area contributed by atoms with Crippen molar-refractivity contribution in [3.05, 3.63) is 60.9 Å². The van der Waals surface area contributed by atoms with Crippen LogP contribution >= 0.6 is 63.1 Å². The van der Waals surface area contributed by atoms with E-state index >= 15 is 0 Å². The summed E-state index contributed by atoms with van der Waals surface area (Å²) in [4.78, 5) is 25.4. The number of amides is 1. The second-order valence-corrected chi connectivity index (χ2v) is 10.5. The fourth-order valence-corrected chi connectivity index (χ4v) is 5.44. The first kappa shape index (κ1) is 26.8. The SMILES string of the molecule is CCOc1cc(/C=C2\SC(=S)N(CCCC(=O)O)C2=O)cc(Br)c1OCc1ccc(Cl)cc1Cl. The van der Waals surface area contributed by atoms with Crippen molar-refractivity contribution in [3.63, 3.8) is 0 Å². The van der Waals surface area contributed by atoms with Gasteiger partial charge >= 0.3 is 5.97 Å². The standard InChI is InChI=1S/C23H20BrCl2NO5S2/c1-2-31-18-9-13(10-19-22(30)27(23(33)34-19)7-3-4-20(28)29)8-16(24)21(18)32-12-14-5-6-15(25)11-17(14)26/h5-6,8-11H,2-4,7,12H2,1H3,(H,28,29)/b19-10-.